The number of aryl methyl sites for hydroxylation is 1. The molecule has 166 valence electrons. The monoisotopic (exact) mass is 423 g/mol. The first kappa shape index (κ1) is 21.6. The fraction of sp³-hybridized carbons (Fsp3) is 0.542. The minimum absolute atomic E-state index is 0.0102. The van der Waals surface area contributed by atoms with Gasteiger partial charge in [-0.1, -0.05) is 17.7 Å². The van der Waals surface area contributed by atoms with Crippen LogP contribution in [0.3, 0.4) is 0 Å². The normalized spacial score (nSPS) is 22.1. The molecule has 0 unspecified atom stereocenters. The van der Waals surface area contributed by atoms with Crippen LogP contribution < -0.4 is 10.6 Å². The molecular formula is C24H33N5O2. The maximum absolute atomic E-state index is 12.5. The van der Waals surface area contributed by atoms with Crippen LogP contribution in [0.2, 0.25) is 0 Å². The molecule has 2 N–H and O–H groups in total. The molecule has 7 nitrogen and oxygen atoms in total. The summed E-state index contributed by atoms with van der Waals surface area (Å²) in [4.78, 5) is 26.5. The fourth-order valence-corrected chi connectivity index (χ4v) is 4.88. The van der Waals surface area contributed by atoms with E-state index in [0.29, 0.717) is 18.4 Å². The first-order chi connectivity index (χ1) is 14.9. The van der Waals surface area contributed by atoms with Crippen molar-refractivity contribution in [2.75, 3.05) is 25.0 Å². The summed E-state index contributed by atoms with van der Waals surface area (Å²) < 4.78 is 1.90. The predicted octanol–water partition coefficient (Wildman–Crippen LogP) is 2.89. The van der Waals surface area contributed by atoms with E-state index in [1.807, 2.05) is 10.8 Å². The number of fused-ring (bicyclic) bond motifs is 1. The van der Waals surface area contributed by atoms with Crippen molar-refractivity contribution in [1.82, 2.24) is 20.0 Å². The molecule has 1 aliphatic heterocycles. The third-order valence-electron chi connectivity index (χ3n) is 6.69. The Bertz CT molecular complexity index is 968. The molecule has 0 bridgehead atoms. The zero-order valence-electron chi connectivity index (χ0n) is 18.6. The van der Waals surface area contributed by atoms with Crippen molar-refractivity contribution in [3.8, 4) is 0 Å². The number of aromatic nitrogens is 2. The molecule has 1 saturated heterocycles. The zero-order chi connectivity index (χ0) is 22.0. The van der Waals surface area contributed by atoms with Crippen LogP contribution in [0.1, 0.15) is 38.2 Å². The van der Waals surface area contributed by atoms with Crippen molar-refractivity contribution < 1.29 is 9.59 Å². The number of likely N-dealkylation sites (tertiary alicyclic amines) is 1. The number of hydrogen-bond acceptors (Lipinski definition) is 5. The highest BCUT2D eigenvalue weighted by molar-refractivity contribution is 5.92. The summed E-state index contributed by atoms with van der Waals surface area (Å²) in [6.07, 6.45) is 6.00. The average molecular weight is 424 g/mol. The van der Waals surface area contributed by atoms with Crippen molar-refractivity contribution >= 4 is 28.4 Å². The third kappa shape index (κ3) is 4.82. The number of nitrogens with zero attached hydrogens (tertiary/aromatic N) is 3. The molecule has 1 aliphatic carbocycles. The minimum Gasteiger partial charge on any atom is -0.359 e. The number of carbonyl (C=O) groups excluding carboxylic acids is 2. The number of carbonyl (C=O) groups is 2. The Morgan fingerprint density at radius 1 is 1.23 bits per heavy atom. The summed E-state index contributed by atoms with van der Waals surface area (Å²) in [6, 6.07) is 6.98. The molecule has 1 aromatic heterocycles. The van der Waals surface area contributed by atoms with Crippen LogP contribution in [0.15, 0.2) is 30.9 Å². The fourth-order valence-electron chi connectivity index (χ4n) is 4.88. The SMILES string of the molecule is C=CCn1nc(NCC(=O)NC2CN([C@H]3CC[C@@H](C(C)=O)CC3)C2)c2cc(C)ccc21. The van der Waals surface area contributed by atoms with Crippen LogP contribution in [0.25, 0.3) is 10.9 Å². The van der Waals surface area contributed by atoms with Crippen molar-refractivity contribution in [2.45, 2.75) is 58.2 Å². The molecule has 2 aliphatic rings. The van der Waals surface area contributed by atoms with Crippen LogP contribution >= 0.6 is 0 Å². The number of rotatable bonds is 8. The number of Topliss-reactive ketones (excluding diaryl/α,β-unsaturated/α-hetero) is 1. The lowest BCUT2D eigenvalue weighted by molar-refractivity contribution is -0.123. The van der Waals surface area contributed by atoms with Gasteiger partial charge in [-0.05, 0) is 51.7 Å². The molecule has 2 aromatic rings. The molecular weight excluding hydrogens is 390 g/mol. The van der Waals surface area contributed by atoms with E-state index < -0.39 is 0 Å². The van der Waals surface area contributed by atoms with E-state index in [9.17, 15) is 9.59 Å². The quantitative estimate of drug-likeness (QED) is 0.639. The van der Waals surface area contributed by atoms with Crippen LogP contribution in [0, 0.1) is 12.8 Å². The molecule has 0 spiro atoms. The van der Waals surface area contributed by atoms with E-state index in [-0.39, 0.29) is 24.4 Å². The van der Waals surface area contributed by atoms with Crippen molar-refractivity contribution in [3.05, 3.63) is 36.4 Å². The Morgan fingerprint density at radius 3 is 2.65 bits per heavy atom. The molecule has 1 amide bonds. The summed E-state index contributed by atoms with van der Waals surface area (Å²) in [5.41, 5.74) is 2.19. The standard InChI is InChI=1S/C24H33N5O2/c1-4-11-29-22-10-5-16(2)12-21(22)24(27-29)25-13-23(31)26-19-14-28(15-19)20-8-6-18(7-9-20)17(3)30/h4-5,10,12,18-20H,1,6-9,11,13-15H2,2-3H3,(H,25,27)(H,26,31)/t18-,20+. The third-order valence-corrected chi connectivity index (χ3v) is 6.69. The number of amides is 1. The molecule has 0 radical (unpaired) electrons. The Balaban J connectivity index is 1.25. The highest BCUT2D eigenvalue weighted by Gasteiger charge is 2.35. The van der Waals surface area contributed by atoms with Gasteiger partial charge in [0, 0.05) is 30.4 Å². The number of hydrogen-bond donors (Lipinski definition) is 2. The van der Waals surface area contributed by atoms with Gasteiger partial charge >= 0.3 is 0 Å². The Labute approximate surface area is 183 Å². The van der Waals surface area contributed by atoms with Crippen LogP contribution in [-0.2, 0) is 16.1 Å². The van der Waals surface area contributed by atoms with Gasteiger partial charge in [0.2, 0.25) is 5.91 Å². The molecule has 31 heavy (non-hydrogen) atoms. The second-order valence-corrected chi connectivity index (χ2v) is 9.03. The predicted molar refractivity (Wildman–Crippen MR) is 123 cm³/mol. The average Bonchev–Trinajstić information content (AvgIpc) is 3.06. The second-order valence-electron chi connectivity index (χ2n) is 9.03. The largest absolute Gasteiger partial charge is 0.359 e. The maximum atomic E-state index is 12.5. The van der Waals surface area contributed by atoms with Crippen molar-refractivity contribution in [1.29, 1.82) is 0 Å². The number of benzene rings is 1. The van der Waals surface area contributed by atoms with Gasteiger partial charge in [0.15, 0.2) is 5.82 Å². The number of allylic oxidation sites excluding steroid dienone is 1. The molecule has 4 rings (SSSR count). The van der Waals surface area contributed by atoms with Gasteiger partial charge in [-0.2, -0.15) is 5.10 Å². The lowest BCUT2D eigenvalue weighted by atomic mass is 9.82. The highest BCUT2D eigenvalue weighted by atomic mass is 16.2. The number of nitrogens with one attached hydrogen (secondary N) is 2. The van der Waals surface area contributed by atoms with Gasteiger partial charge < -0.3 is 10.6 Å². The topological polar surface area (TPSA) is 79.3 Å². The van der Waals surface area contributed by atoms with E-state index in [2.05, 4.69) is 52.3 Å². The van der Waals surface area contributed by atoms with Crippen molar-refractivity contribution in [3.63, 3.8) is 0 Å². The van der Waals surface area contributed by atoms with Crippen LogP contribution in [0.5, 0.6) is 0 Å². The molecule has 7 heteroatoms. The molecule has 1 aromatic carbocycles. The van der Waals surface area contributed by atoms with Gasteiger partial charge in [0.25, 0.3) is 0 Å². The summed E-state index contributed by atoms with van der Waals surface area (Å²) in [7, 11) is 0. The number of anilines is 1. The van der Waals surface area contributed by atoms with E-state index >= 15 is 0 Å². The highest BCUT2D eigenvalue weighted by Crippen LogP contribution is 2.30. The van der Waals surface area contributed by atoms with Gasteiger partial charge in [0.1, 0.15) is 5.78 Å². The summed E-state index contributed by atoms with van der Waals surface area (Å²) >= 11 is 0. The lowest BCUT2D eigenvalue weighted by Gasteiger charge is -2.46. The molecule has 0 atom stereocenters. The van der Waals surface area contributed by atoms with Crippen molar-refractivity contribution in [2.24, 2.45) is 5.92 Å². The van der Waals surface area contributed by atoms with E-state index in [1.54, 1.807) is 6.92 Å². The smallest absolute Gasteiger partial charge is 0.239 e. The summed E-state index contributed by atoms with van der Waals surface area (Å²) in [5.74, 6) is 1.31. The van der Waals surface area contributed by atoms with E-state index in [4.69, 9.17) is 0 Å². The van der Waals surface area contributed by atoms with Gasteiger partial charge in [-0.3, -0.25) is 19.2 Å². The maximum Gasteiger partial charge on any atom is 0.239 e. The van der Waals surface area contributed by atoms with Gasteiger partial charge in [-0.25, -0.2) is 0 Å². The lowest BCUT2D eigenvalue weighted by Crippen LogP contribution is -2.63. The molecule has 2 fully saturated rings. The van der Waals surface area contributed by atoms with E-state index in [1.165, 1.54) is 0 Å². The second kappa shape index (κ2) is 9.22. The first-order valence-electron chi connectivity index (χ1n) is 11.3. The molecule has 2 heterocycles. The Morgan fingerprint density at radius 2 is 1.97 bits per heavy atom. The van der Waals surface area contributed by atoms with Gasteiger partial charge in [-0.15, -0.1) is 6.58 Å². The van der Waals surface area contributed by atoms with E-state index in [0.717, 1.165) is 61.1 Å². The summed E-state index contributed by atoms with van der Waals surface area (Å²) in [6.45, 7) is 10.2. The minimum atomic E-state index is -0.0102. The van der Waals surface area contributed by atoms with Crippen LogP contribution in [0.4, 0.5) is 5.82 Å². The van der Waals surface area contributed by atoms with Crippen LogP contribution in [-0.4, -0.2) is 58.1 Å². The molecule has 1 saturated carbocycles. The summed E-state index contributed by atoms with van der Waals surface area (Å²) in [5, 5.41) is 12.0. The first-order valence-corrected chi connectivity index (χ1v) is 11.3. The Hall–Kier alpha value is -2.67. The zero-order valence-corrected chi connectivity index (χ0v) is 18.6. The van der Waals surface area contributed by atoms with Gasteiger partial charge in [0.05, 0.1) is 24.6 Å². The Kier molecular flexibility index (Phi) is 6.41. The number of ketones is 1.